The normalized spacial score (nSPS) is 12.3. The van der Waals surface area contributed by atoms with Crippen molar-refractivity contribution in [1.82, 2.24) is 0 Å². The van der Waals surface area contributed by atoms with Crippen LogP contribution >= 0.6 is 0 Å². The Bertz CT molecular complexity index is 1280. The van der Waals surface area contributed by atoms with Crippen LogP contribution in [0.1, 0.15) is 348 Å². The van der Waals surface area contributed by atoms with Gasteiger partial charge in [-0.15, -0.1) is 0 Å². The predicted octanol–water partition coefficient (Wildman–Crippen LogP) is 22.2. The Hall–Kier alpha value is -2.63. The quantitative estimate of drug-likeness (QED) is 0.0261. The molecule has 0 bridgehead atoms. The minimum atomic E-state index is -0.780. The summed E-state index contributed by atoms with van der Waals surface area (Å²) in [5.41, 5.74) is 0. The van der Waals surface area contributed by atoms with Gasteiger partial charge in [-0.3, -0.25) is 14.4 Å². The van der Waals surface area contributed by atoms with E-state index in [1.165, 1.54) is 225 Å². The van der Waals surface area contributed by atoms with Crippen LogP contribution in [0.25, 0.3) is 0 Å². The summed E-state index contributed by atoms with van der Waals surface area (Å²) >= 11 is 0. The zero-order valence-electron chi connectivity index (χ0n) is 49.6. The number of carbonyl (C=O) groups excluding carboxylic acids is 3. The van der Waals surface area contributed by atoms with Crippen molar-refractivity contribution in [1.29, 1.82) is 0 Å². The van der Waals surface area contributed by atoms with Crippen LogP contribution in [0.2, 0.25) is 0 Å². The molecule has 0 aromatic heterocycles. The smallest absolute Gasteiger partial charge is 0.306 e. The number of ether oxygens (including phenoxy) is 3. The Morgan fingerprint density at radius 1 is 0.270 bits per heavy atom. The largest absolute Gasteiger partial charge is 0.462 e. The van der Waals surface area contributed by atoms with Crippen LogP contribution in [0.5, 0.6) is 0 Å². The highest BCUT2D eigenvalue weighted by atomic mass is 16.6. The molecular weight excluding hydrogens is 913 g/mol. The first kappa shape index (κ1) is 71.4. The molecule has 6 nitrogen and oxygen atoms in total. The van der Waals surface area contributed by atoms with Gasteiger partial charge in [0.15, 0.2) is 6.10 Å². The van der Waals surface area contributed by atoms with Gasteiger partial charge < -0.3 is 14.2 Å². The van der Waals surface area contributed by atoms with E-state index in [0.717, 1.165) is 83.5 Å². The molecule has 0 rings (SSSR count). The minimum Gasteiger partial charge on any atom is -0.462 e. The Morgan fingerprint density at radius 3 is 0.757 bits per heavy atom. The summed E-state index contributed by atoms with van der Waals surface area (Å²) in [5.74, 6) is -0.869. The maximum atomic E-state index is 12.9. The van der Waals surface area contributed by atoms with Crippen molar-refractivity contribution in [3.63, 3.8) is 0 Å². The zero-order chi connectivity index (χ0) is 53.6. The molecule has 0 aromatic rings. The van der Waals surface area contributed by atoms with Crippen molar-refractivity contribution >= 4 is 17.9 Å². The SMILES string of the molecule is CCCCCC/C=C\C/C=C\CCCCCCCCCC(=O)OCC(COC(=O)CCCCCCCCCCCCCCCCCCCCCC)OC(=O)CCCCCCCCC/C=C\C/C=C\CCCCCC. The van der Waals surface area contributed by atoms with Gasteiger partial charge in [0.2, 0.25) is 0 Å². The topological polar surface area (TPSA) is 78.9 Å². The van der Waals surface area contributed by atoms with Gasteiger partial charge in [-0.2, -0.15) is 0 Å². The van der Waals surface area contributed by atoms with E-state index in [9.17, 15) is 14.4 Å². The van der Waals surface area contributed by atoms with Crippen LogP contribution in [-0.2, 0) is 28.6 Å². The van der Waals surface area contributed by atoms with Crippen molar-refractivity contribution in [2.75, 3.05) is 13.2 Å². The highest BCUT2D eigenvalue weighted by Gasteiger charge is 2.19. The monoisotopic (exact) mass is 1040 g/mol. The lowest BCUT2D eigenvalue weighted by Crippen LogP contribution is -2.30. The Labute approximate surface area is 460 Å². The molecule has 0 N–H and O–H groups in total. The van der Waals surface area contributed by atoms with E-state index < -0.39 is 6.10 Å². The molecule has 0 aromatic carbocycles. The molecule has 6 heteroatoms. The maximum Gasteiger partial charge on any atom is 0.306 e. The van der Waals surface area contributed by atoms with Crippen LogP contribution in [0, 0.1) is 0 Å². The van der Waals surface area contributed by atoms with E-state index in [4.69, 9.17) is 14.2 Å². The van der Waals surface area contributed by atoms with Gasteiger partial charge in [0.1, 0.15) is 13.2 Å². The molecule has 0 radical (unpaired) electrons. The average molecular weight is 1040 g/mol. The number of allylic oxidation sites excluding steroid dienone is 8. The van der Waals surface area contributed by atoms with Crippen LogP contribution in [0.15, 0.2) is 48.6 Å². The maximum absolute atomic E-state index is 12.9. The van der Waals surface area contributed by atoms with Crippen LogP contribution in [0.3, 0.4) is 0 Å². The Balaban J connectivity index is 4.36. The van der Waals surface area contributed by atoms with Crippen molar-refractivity contribution in [3.8, 4) is 0 Å². The van der Waals surface area contributed by atoms with E-state index in [1.54, 1.807) is 0 Å². The number of hydrogen-bond acceptors (Lipinski definition) is 6. The van der Waals surface area contributed by atoms with E-state index in [0.29, 0.717) is 19.3 Å². The first-order chi connectivity index (χ1) is 36.5. The standard InChI is InChI=1S/C68H124O6/c1-4-7-10-13-16-19-22-25-28-31-34-35-38-40-43-46-49-52-55-58-61-67(70)73-64-65(74-68(71)62-59-56-53-50-47-44-41-37-33-30-27-24-21-18-15-12-9-6-3)63-72-66(69)60-57-54-51-48-45-42-39-36-32-29-26-23-20-17-14-11-8-5-2/h20-21,23-24,29-30,32-33,65H,4-19,22,25-28,31,34-64H2,1-3H3/b23-20-,24-21-,32-29-,33-30-. The summed E-state index contributed by atoms with van der Waals surface area (Å²) < 4.78 is 17.0. The fourth-order valence-corrected chi connectivity index (χ4v) is 9.62. The number of rotatable bonds is 60. The fourth-order valence-electron chi connectivity index (χ4n) is 9.62. The minimum absolute atomic E-state index is 0.0753. The first-order valence-corrected chi connectivity index (χ1v) is 32.6. The lowest BCUT2D eigenvalue weighted by molar-refractivity contribution is -0.167. The second-order valence-corrected chi connectivity index (χ2v) is 22.0. The van der Waals surface area contributed by atoms with Crippen molar-refractivity contribution < 1.29 is 28.6 Å². The summed E-state index contributed by atoms with van der Waals surface area (Å²) in [6.45, 7) is 6.65. The lowest BCUT2D eigenvalue weighted by atomic mass is 10.0. The van der Waals surface area contributed by atoms with Crippen molar-refractivity contribution in [2.24, 2.45) is 0 Å². The van der Waals surface area contributed by atoms with Crippen LogP contribution in [-0.4, -0.2) is 37.2 Å². The predicted molar refractivity (Wildman–Crippen MR) is 321 cm³/mol. The van der Waals surface area contributed by atoms with Gasteiger partial charge >= 0.3 is 17.9 Å². The number of esters is 3. The first-order valence-electron chi connectivity index (χ1n) is 32.6. The van der Waals surface area contributed by atoms with E-state index >= 15 is 0 Å². The second kappa shape index (κ2) is 62.9. The third-order valence-electron chi connectivity index (χ3n) is 14.6. The number of carbonyl (C=O) groups is 3. The lowest BCUT2D eigenvalue weighted by Gasteiger charge is -2.18. The third-order valence-corrected chi connectivity index (χ3v) is 14.6. The van der Waals surface area contributed by atoms with Gasteiger partial charge in [-0.25, -0.2) is 0 Å². The summed E-state index contributed by atoms with van der Waals surface area (Å²) in [4.78, 5) is 38.4. The van der Waals surface area contributed by atoms with Gasteiger partial charge in [0.25, 0.3) is 0 Å². The van der Waals surface area contributed by atoms with E-state index in [2.05, 4.69) is 69.4 Å². The van der Waals surface area contributed by atoms with Gasteiger partial charge in [-0.05, 0) is 83.5 Å². The summed E-state index contributed by atoms with van der Waals surface area (Å²) in [7, 11) is 0. The molecule has 0 aliphatic carbocycles. The molecule has 0 spiro atoms. The van der Waals surface area contributed by atoms with Gasteiger partial charge in [0.05, 0.1) is 0 Å². The number of hydrogen-bond donors (Lipinski definition) is 0. The molecule has 0 saturated heterocycles. The van der Waals surface area contributed by atoms with Crippen molar-refractivity contribution in [3.05, 3.63) is 48.6 Å². The van der Waals surface area contributed by atoms with E-state index in [1.807, 2.05) is 0 Å². The molecule has 0 fully saturated rings. The fraction of sp³-hybridized carbons (Fsp3) is 0.838. The Kier molecular flexibility index (Phi) is 60.7. The van der Waals surface area contributed by atoms with Gasteiger partial charge in [0, 0.05) is 19.3 Å². The molecule has 0 aliphatic heterocycles. The molecule has 432 valence electrons. The van der Waals surface area contributed by atoms with Gasteiger partial charge in [-0.1, -0.05) is 294 Å². The molecule has 1 atom stereocenters. The zero-order valence-corrected chi connectivity index (χ0v) is 49.6. The molecule has 0 amide bonds. The second-order valence-electron chi connectivity index (χ2n) is 22.0. The average Bonchev–Trinajstić information content (AvgIpc) is 3.40. The molecule has 0 saturated carbocycles. The number of unbranched alkanes of at least 4 members (excludes halogenated alkanes) is 41. The van der Waals surface area contributed by atoms with Crippen LogP contribution in [0.4, 0.5) is 0 Å². The summed E-state index contributed by atoms with van der Waals surface area (Å²) in [6, 6.07) is 0. The summed E-state index contributed by atoms with van der Waals surface area (Å²) in [6.07, 6.45) is 78.2. The molecule has 1 unspecified atom stereocenters. The molecule has 0 aliphatic rings. The van der Waals surface area contributed by atoms with E-state index in [-0.39, 0.29) is 31.1 Å². The summed E-state index contributed by atoms with van der Waals surface area (Å²) in [5, 5.41) is 0. The Morgan fingerprint density at radius 2 is 0.486 bits per heavy atom. The third kappa shape index (κ3) is 60.2. The molecule has 74 heavy (non-hydrogen) atoms. The molecular formula is C68H124O6. The van der Waals surface area contributed by atoms with Crippen molar-refractivity contribution in [2.45, 2.75) is 354 Å². The van der Waals surface area contributed by atoms with Crippen LogP contribution < -0.4 is 0 Å². The highest BCUT2D eigenvalue weighted by Crippen LogP contribution is 2.17. The highest BCUT2D eigenvalue weighted by molar-refractivity contribution is 5.71. The molecule has 0 heterocycles.